The highest BCUT2D eigenvalue weighted by Crippen LogP contribution is 2.51. The molecule has 1 saturated carbocycles. The first kappa shape index (κ1) is 11.3. The van der Waals surface area contributed by atoms with Crippen molar-refractivity contribution in [2.75, 3.05) is 6.54 Å². The predicted octanol–water partition coefficient (Wildman–Crippen LogP) is 2.33. The molecular formula is C15H16N2O. The van der Waals surface area contributed by atoms with E-state index in [1.165, 1.54) is 5.56 Å². The van der Waals surface area contributed by atoms with Crippen molar-refractivity contribution in [3.05, 3.63) is 35.4 Å². The zero-order valence-electron chi connectivity index (χ0n) is 10.3. The monoisotopic (exact) mass is 240 g/mol. The lowest BCUT2D eigenvalue weighted by molar-refractivity contribution is -0.127. The lowest BCUT2D eigenvalue weighted by atomic mass is 9.72. The molecule has 2 fully saturated rings. The number of carbonyl (C=O) groups is 1. The van der Waals surface area contributed by atoms with Crippen molar-refractivity contribution in [2.24, 2.45) is 5.41 Å². The highest BCUT2D eigenvalue weighted by molar-refractivity contribution is 5.86. The number of hydrogen-bond donors (Lipinski definition) is 1. The number of benzene rings is 1. The van der Waals surface area contributed by atoms with Gasteiger partial charge in [0.15, 0.2) is 0 Å². The Hall–Kier alpha value is -1.82. The summed E-state index contributed by atoms with van der Waals surface area (Å²) in [6, 6.07) is 9.84. The summed E-state index contributed by atoms with van der Waals surface area (Å²) in [6.45, 7) is 0.741. The van der Waals surface area contributed by atoms with E-state index >= 15 is 0 Å². The van der Waals surface area contributed by atoms with Gasteiger partial charge in [-0.1, -0.05) is 25.0 Å². The van der Waals surface area contributed by atoms with Crippen LogP contribution in [0.2, 0.25) is 0 Å². The Labute approximate surface area is 107 Å². The van der Waals surface area contributed by atoms with Crippen LogP contribution in [-0.4, -0.2) is 12.5 Å². The Morgan fingerprint density at radius 1 is 1.22 bits per heavy atom. The van der Waals surface area contributed by atoms with Crippen LogP contribution < -0.4 is 5.32 Å². The van der Waals surface area contributed by atoms with Gasteiger partial charge in [0.05, 0.1) is 17.0 Å². The molecule has 1 amide bonds. The van der Waals surface area contributed by atoms with Gasteiger partial charge in [-0.25, -0.2) is 0 Å². The molecular weight excluding hydrogens is 224 g/mol. The summed E-state index contributed by atoms with van der Waals surface area (Å²) in [5.41, 5.74) is 1.69. The van der Waals surface area contributed by atoms with Gasteiger partial charge < -0.3 is 5.32 Å². The van der Waals surface area contributed by atoms with Crippen molar-refractivity contribution in [1.29, 1.82) is 5.26 Å². The Morgan fingerprint density at radius 3 is 2.50 bits per heavy atom. The molecule has 1 aliphatic carbocycles. The van der Waals surface area contributed by atoms with Crippen molar-refractivity contribution in [3.63, 3.8) is 0 Å². The summed E-state index contributed by atoms with van der Waals surface area (Å²) in [6.07, 6.45) is 4.31. The molecule has 1 spiro atoms. The standard InChI is InChI=1S/C15H16N2O/c16-9-11-3-5-12(6-4-11)13-10-17-14(18)15(13)7-1-2-8-15/h3-6,13H,1-2,7-8,10H2,(H,17,18)/t13-/m1/s1. The normalized spacial score (nSPS) is 25.1. The van der Waals surface area contributed by atoms with Gasteiger partial charge in [-0.2, -0.15) is 5.26 Å². The maximum atomic E-state index is 12.1. The van der Waals surface area contributed by atoms with Gasteiger partial charge in [-0.15, -0.1) is 0 Å². The second kappa shape index (κ2) is 4.13. The van der Waals surface area contributed by atoms with Gasteiger partial charge in [0.1, 0.15) is 0 Å². The van der Waals surface area contributed by atoms with E-state index in [9.17, 15) is 4.79 Å². The van der Waals surface area contributed by atoms with Crippen molar-refractivity contribution < 1.29 is 4.79 Å². The van der Waals surface area contributed by atoms with E-state index in [-0.39, 0.29) is 17.2 Å². The molecule has 1 N–H and O–H groups in total. The van der Waals surface area contributed by atoms with Crippen molar-refractivity contribution >= 4 is 5.91 Å². The van der Waals surface area contributed by atoms with Crippen LogP contribution in [0.3, 0.4) is 0 Å². The second-order valence-corrected chi connectivity index (χ2v) is 5.36. The number of nitrogens with one attached hydrogen (secondary N) is 1. The van der Waals surface area contributed by atoms with Gasteiger partial charge in [-0.05, 0) is 30.5 Å². The Bertz CT molecular complexity index is 506. The van der Waals surface area contributed by atoms with Gasteiger partial charge in [-0.3, -0.25) is 4.79 Å². The first-order valence-corrected chi connectivity index (χ1v) is 6.55. The molecule has 1 aromatic carbocycles. The highest BCUT2D eigenvalue weighted by atomic mass is 16.2. The zero-order chi connectivity index (χ0) is 12.6. The van der Waals surface area contributed by atoms with E-state index in [0.717, 1.165) is 32.2 Å². The number of nitrogens with zero attached hydrogens (tertiary/aromatic N) is 1. The average molecular weight is 240 g/mol. The molecule has 1 aliphatic heterocycles. The van der Waals surface area contributed by atoms with Crippen LogP contribution in [0, 0.1) is 16.7 Å². The van der Waals surface area contributed by atoms with Gasteiger partial charge in [0, 0.05) is 12.5 Å². The van der Waals surface area contributed by atoms with E-state index in [1.807, 2.05) is 24.3 Å². The fourth-order valence-electron chi connectivity index (χ4n) is 3.53. The fraction of sp³-hybridized carbons (Fsp3) is 0.467. The van der Waals surface area contributed by atoms with Crippen molar-refractivity contribution in [1.82, 2.24) is 5.32 Å². The maximum Gasteiger partial charge on any atom is 0.226 e. The van der Waals surface area contributed by atoms with Gasteiger partial charge in [0.2, 0.25) is 5.91 Å². The van der Waals surface area contributed by atoms with Crippen molar-refractivity contribution in [3.8, 4) is 6.07 Å². The largest absolute Gasteiger partial charge is 0.355 e. The van der Waals surface area contributed by atoms with E-state index in [4.69, 9.17) is 5.26 Å². The van der Waals surface area contributed by atoms with Crippen LogP contribution in [0.1, 0.15) is 42.7 Å². The Morgan fingerprint density at radius 2 is 1.89 bits per heavy atom. The molecule has 0 aromatic heterocycles. The first-order chi connectivity index (χ1) is 8.76. The van der Waals surface area contributed by atoms with E-state index < -0.39 is 0 Å². The van der Waals surface area contributed by atoms with Crippen LogP contribution in [-0.2, 0) is 4.79 Å². The molecule has 3 rings (SSSR count). The second-order valence-electron chi connectivity index (χ2n) is 5.36. The van der Waals surface area contributed by atoms with E-state index in [2.05, 4.69) is 11.4 Å². The third-order valence-corrected chi connectivity index (χ3v) is 4.52. The lowest BCUT2D eigenvalue weighted by Crippen LogP contribution is -2.31. The van der Waals surface area contributed by atoms with E-state index in [1.54, 1.807) is 0 Å². The molecule has 0 unspecified atom stereocenters. The third kappa shape index (κ3) is 1.53. The quantitative estimate of drug-likeness (QED) is 0.819. The minimum Gasteiger partial charge on any atom is -0.355 e. The molecule has 1 aromatic rings. The average Bonchev–Trinajstić information content (AvgIpc) is 3.01. The van der Waals surface area contributed by atoms with Crippen molar-refractivity contribution in [2.45, 2.75) is 31.6 Å². The minimum atomic E-state index is -0.172. The highest BCUT2D eigenvalue weighted by Gasteiger charge is 2.51. The maximum absolute atomic E-state index is 12.1. The van der Waals surface area contributed by atoms with Gasteiger partial charge in [0.25, 0.3) is 0 Å². The molecule has 3 nitrogen and oxygen atoms in total. The summed E-state index contributed by atoms with van der Waals surface area (Å²) in [4.78, 5) is 12.1. The molecule has 0 bridgehead atoms. The molecule has 1 atom stereocenters. The summed E-state index contributed by atoms with van der Waals surface area (Å²) < 4.78 is 0. The summed E-state index contributed by atoms with van der Waals surface area (Å²) in [7, 11) is 0. The molecule has 1 saturated heterocycles. The van der Waals surface area contributed by atoms with E-state index in [0.29, 0.717) is 5.56 Å². The molecule has 1 heterocycles. The lowest BCUT2D eigenvalue weighted by Gasteiger charge is -2.27. The number of nitriles is 1. The van der Waals surface area contributed by atoms with Crippen LogP contribution >= 0.6 is 0 Å². The number of hydrogen-bond acceptors (Lipinski definition) is 2. The number of amides is 1. The minimum absolute atomic E-state index is 0.172. The fourth-order valence-corrected chi connectivity index (χ4v) is 3.53. The number of rotatable bonds is 1. The van der Waals surface area contributed by atoms with Crippen LogP contribution in [0.25, 0.3) is 0 Å². The third-order valence-electron chi connectivity index (χ3n) is 4.52. The Kier molecular flexibility index (Phi) is 2.59. The van der Waals surface area contributed by atoms with Crippen LogP contribution in [0.5, 0.6) is 0 Å². The Balaban J connectivity index is 1.95. The first-order valence-electron chi connectivity index (χ1n) is 6.55. The SMILES string of the molecule is N#Cc1ccc([C@H]2CNC(=O)C23CCCC3)cc1. The van der Waals surface area contributed by atoms with Gasteiger partial charge >= 0.3 is 0 Å². The van der Waals surface area contributed by atoms with Crippen LogP contribution in [0.4, 0.5) is 0 Å². The smallest absolute Gasteiger partial charge is 0.226 e. The summed E-state index contributed by atoms with van der Waals surface area (Å²) in [5.74, 6) is 0.509. The topological polar surface area (TPSA) is 52.9 Å². The summed E-state index contributed by atoms with van der Waals surface area (Å²) in [5, 5.41) is 11.8. The number of carbonyl (C=O) groups excluding carboxylic acids is 1. The molecule has 92 valence electrons. The summed E-state index contributed by atoms with van der Waals surface area (Å²) >= 11 is 0. The van der Waals surface area contributed by atoms with Crippen LogP contribution in [0.15, 0.2) is 24.3 Å². The molecule has 3 heteroatoms. The molecule has 0 radical (unpaired) electrons. The zero-order valence-corrected chi connectivity index (χ0v) is 10.3. The molecule has 2 aliphatic rings. The predicted molar refractivity (Wildman–Crippen MR) is 67.8 cm³/mol. The molecule has 18 heavy (non-hydrogen) atoms.